The second-order valence-corrected chi connectivity index (χ2v) is 3.28. The van der Waals surface area contributed by atoms with Crippen molar-refractivity contribution < 1.29 is 14.9 Å². The van der Waals surface area contributed by atoms with Gasteiger partial charge < -0.3 is 10.9 Å². The number of nitrogens with two attached hydrogens (primary N) is 1. The number of hydrogen-bond donors (Lipinski definition) is 2. The zero-order valence-corrected chi connectivity index (χ0v) is 9.43. The molecule has 0 aliphatic heterocycles. The molecule has 0 aliphatic carbocycles. The number of nitrogens with zero attached hydrogens (tertiary/aromatic N) is 2. The summed E-state index contributed by atoms with van der Waals surface area (Å²) in [4.78, 5) is 21.1. The van der Waals surface area contributed by atoms with Crippen LogP contribution in [0.4, 0.5) is 0 Å². The Morgan fingerprint density at radius 1 is 1.62 bits per heavy atom. The maximum Gasteiger partial charge on any atom is 0.271 e. The lowest BCUT2D eigenvalue weighted by molar-refractivity contribution is -0.508. The summed E-state index contributed by atoms with van der Waals surface area (Å²) in [5.41, 5.74) is 5.31. The second-order valence-electron chi connectivity index (χ2n) is 3.28. The highest BCUT2D eigenvalue weighted by Gasteiger charge is 2.24. The van der Waals surface area contributed by atoms with E-state index in [0.717, 1.165) is 0 Å². The number of hydrogen-bond acceptors (Lipinski definition) is 5. The molecule has 0 radical (unpaired) electrons. The lowest BCUT2D eigenvalue weighted by Crippen LogP contribution is -2.28. The number of oxime groups is 1. The Kier molecular flexibility index (Phi) is 5.14. The number of primary amides is 1. The largest absolute Gasteiger partial charge is 0.410 e. The van der Waals surface area contributed by atoms with E-state index >= 15 is 0 Å². The third-order valence-corrected chi connectivity index (χ3v) is 2.37. The van der Waals surface area contributed by atoms with Crippen molar-refractivity contribution >= 4 is 11.6 Å². The van der Waals surface area contributed by atoms with E-state index in [4.69, 9.17) is 10.9 Å². The summed E-state index contributed by atoms with van der Waals surface area (Å²) in [7, 11) is 0. The van der Waals surface area contributed by atoms with Gasteiger partial charge in [0.05, 0.1) is 0 Å². The molecule has 7 heteroatoms. The molecule has 0 aromatic rings. The van der Waals surface area contributed by atoms with Gasteiger partial charge in [-0.15, -0.1) is 0 Å². The SMILES string of the molecule is CCC(=C(C)C(=NO)C(N)=O)C(C)[N+](=O)[O-]. The van der Waals surface area contributed by atoms with E-state index in [1.807, 2.05) is 0 Å². The highest BCUT2D eigenvalue weighted by Crippen LogP contribution is 2.16. The third kappa shape index (κ3) is 3.04. The van der Waals surface area contributed by atoms with Crippen LogP contribution in [0.15, 0.2) is 16.3 Å². The molecule has 16 heavy (non-hydrogen) atoms. The van der Waals surface area contributed by atoms with Crippen molar-refractivity contribution in [3.05, 3.63) is 21.3 Å². The molecule has 0 bridgehead atoms. The molecule has 0 fully saturated rings. The standard InChI is InChI=1S/C9H15N3O4/c1-4-7(6(3)12(15)16)5(2)8(11-14)9(10)13/h6,14H,4H2,1-3H3,(H2,10,13). The van der Waals surface area contributed by atoms with E-state index in [-0.39, 0.29) is 11.3 Å². The van der Waals surface area contributed by atoms with E-state index < -0.39 is 16.9 Å². The van der Waals surface area contributed by atoms with E-state index in [1.165, 1.54) is 13.8 Å². The fraction of sp³-hybridized carbons (Fsp3) is 0.556. The van der Waals surface area contributed by atoms with E-state index in [9.17, 15) is 14.9 Å². The molecule has 1 unspecified atom stereocenters. The van der Waals surface area contributed by atoms with Crippen LogP contribution in [-0.4, -0.2) is 27.8 Å². The van der Waals surface area contributed by atoms with E-state index in [1.54, 1.807) is 6.92 Å². The molecule has 0 aromatic heterocycles. The fourth-order valence-corrected chi connectivity index (χ4v) is 1.46. The van der Waals surface area contributed by atoms with Crippen molar-refractivity contribution in [1.82, 2.24) is 0 Å². The van der Waals surface area contributed by atoms with Crippen LogP contribution in [0.25, 0.3) is 0 Å². The van der Waals surface area contributed by atoms with Gasteiger partial charge in [0.2, 0.25) is 6.04 Å². The Bertz CT molecular complexity index is 360. The Morgan fingerprint density at radius 2 is 2.12 bits per heavy atom. The highest BCUT2D eigenvalue weighted by atomic mass is 16.6. The number of carbonyl (C=O) groups is 1. The van der Waals surface area contributed by atoms with Gasteiger partial charge in [-0.2, -0.15) is 0 Å². The van der Waals surface area contributed by atoms with Crippen LogP contribution in [0.3, 0.4) is 0 Å². The molecule has 0 aliphatic rings. The van der Waals surface area contributed by atoms with Gasteiger partial charge in [0, 0.05) is 17.4 Å². The minimum Gasteiger partial charge on any atom is -0.410 e. The van der Waals surface area contributed by atoms with E-state index in [0.29, 0.717) is 12.0 Å². The van der Waals surface area contributed by atoms with Gasteiger partial charge in [-0.05, 0) is 18.9 Å². The lowest BCUT2D eigenvalue weighted by Gasteiger charge is -2.11. The van der Waals surface area contributed by atoms with Crippen LogP contribution in [0.1, 0.15) is 27.2 Å². The molecule has 0 aromatic carbocycles. The van der Waals surface area contributed by atoms with Gasteiger partial charge in [0.25, 0.3) is 5.91 Å². The minimum absolute atomic E-state index is 0.252. The zero-order valence-electron chi connectivity index (χ0n) is 9.43. The molecule has 0 saturated heterocycles. The van der Waals surface area contributed by atoms with Crippen LogP contribution in [-0.2, 0) is 4.79 Å². The molecular weight excluding hydrogens is 214 g/mol. The molecule has 0 saturated carbocycles. The van der Waals surface area contributed by atoms with E-state index in [2.05, 4.69) is 5.16 Å². The summed E-state index contributed by atoms with van der Waals surface area (Å²) < 4.78 is 0. The average Bonchev–Trinajstić information content (AvgIpc) is 2.18. The second kappa shape index (κ2) is 5.84. The van der Waals surface area contributed by atoms with Gasteiger partial charge in [-0.25, -0.2) is 0 Å². The average molecular weight is 229 g/mol. The molecule has 1 amide bonds. The highest BCUT2D eigenvalue weighted by molar-refractivity contribution is 6.44. The Balaban J connectivity index is 5.47. The Hall–Kier alpha value is -1.92. The fourth-order valence-electron chi connectivity index (χ4n) is 1.46. The minimum atomic E-state index is -0.943. The first-order valence-electron chi connectivity index (χ1n) is 4.72. The van der Waals surface area contributed by atoms with Crippen LogP contribution in [0.2, 0.25) is 0 Å². The monoisotopic (exact) mass is 229 g/mol. The number of rotatable bonds is 5. The first kappa shape index (κ1) is 14.1. The molecule has 7 nitrogen and oxygen atoms in total. The summed E-state index contributed by atoms with van der Waals surface area (Å²) in [6.45, 7) is 4.59. The van der Waals surface area contributed by atoms with Crippen LogP contribution in [0.5, 0.6) is 0 Å². The summed E-state index contributed by atoms with van der Waals surface area (Å²) in [6, 6.07) is -0.943. The number of carbonyl (C=O) groups excluding carboxylic acids is 1. The van der Waals surface area contributed by atoms with Crippen LogP contribution in [0, 0.1) is 10.1 Å². The summed E-state index contributed by atoms with van der Waals surface area (Å²) >= 11 is 0. The van der Waals surface area contributed by atoms with Gasteiger partial charge >= 0.3 is 0 Å². The molecule has 3 N–H and O–H groups in total. The first-order chi connectivity index (χ1) is 7.36. The zero-order chi connectivity index (χ0) is 12.9. The number of amides is 1. The predicted octanol–water partition coefficient (Wildman–Crippen LogP) is 0.694. The predicted molar refractivity (Wildman–Crippen MR) is 57.9 cm³/mol. The molecule has 0 rings (SSSR count). The Labute approximate surface area is 92.8 Å². The van der Waals surface area contributed by atoms with Crippen LogP contribution >= 0.6 is 0 Å². The Morgan fingerprint density at radius 3 is 2.38 bits per heavy atom. The summed E-state index contributed by atoms with van der Waals surface area (Å²) in [5.74, 6) is -0.915. The first-order valence-corrected chi connectivity index (χ1v) is 4.72. The smallest absolute Gasteiger partial charge is 0.271 e. The molecular formula is C9H15N3O4. The van der Waals surface area contributed by atoms with Crippen molar-refractivity contribution in [2.45, 2.75) is 33.2 Å². The molecule has 0 spiro atoms. The summed E-state index contributed by atoms with van der Waals surface area (Å²) in [5, 5.41) is 22.0. The molecule has 0 heterocycles. The van der Waals surface area contributed by atoms with Gasteiger partial charge in [0.1, 0.15) is 0 Å². The maximum atomic E-state index is 10.9. The topological polar surface area (TPSA) is 119 Å². The van der Waals surface area contributed by atoms with Gasteiger partial charge in [-0.3, -0.25) is 14.9 Å². The van der Waals surface area contributed by atoms with Crippen molar-refractivity contribution in [2.24, 2.45) is 10.9 Å². The van der Waals surface area contributed by atoms with Crippen molar-refractivity contribution in [1.29, 1.82) is 0 Å². The molecule has 90 valence electrons. The van der Waals surface area contributed by atoms with Gasteiger partial charge in [0.15, 0.2) is 5.71 Å². The lowest BCUT2D eigenvalue weighted by atomic mass is 9.97. The van der Waals surface area contributed by atoms with Gasteiger partial charge in [-0.1, -0.05) is 12.1 Å². The summed E-state index contributed by atoms with van der Waals surface area (Å²) in [6.07, 6.45) is 0.375. The van der Waals surface area contributed by atoms with Crippen molar-refractivity contribution in [3.8, 4) is 0 Å². The van der Waals surface area contributed by atoms with Crippen LogP contribution < -0.4 is 5.73 Å². The normalized spacial score (nSPS) is 15.3. The van der Waals surface area contributed by atoms with Crippen molar-refractivity contribution in [2.75, 3.05) is 0 Å². The quantitative estimate of drug-likeness (QED) is 0.312. The number of nitro groups is 1. The third-order valence-electron chi connectivity index (χ3n) is 2.37. The maximum absolute atomic E-state index is 10.9. The van der Waals surface area contributed by atoms with Crippen molar-refractivity contribution in [3.63, 3.8) is 0 Å². The molecule has 1 atom stereocenters.